The van der Waals surface area contributed by atoms with Crippen LogP contribution in [0, 0.1) is 0 Å². The highest BCUT2D eigenvalue weighted by atomic mass is 16.2. The standard InChI is InChI=1S/C26H34N4O/c1-3-4-5-6-12-19-27-26-22-15-10-11-16-23(22)28-24(29-26)20-30(2)25(31)18-17-21-13-8-7-9-14-21/h7-11,13-16H,3-6,12,17-20H2,1-2H3,(H,27,28,29). The summed E-state index contributed by atoms with van der Waals surface area (Å²) in [5.41, 5.74) is 2.09. The van der Waals surface area contributed by atoms with Gasteiger partial charge in [-0.15, -0.1) is 0 Å². The number of carbonyl (C=O) groups excluding carboxylic acids is 1. The van der Waals surface area contributed by atoms with E-state index in [0.717, 1.165) is 36.1 Å². The number of hydrogen-bond acceptors (Lipinski definition) is 4. The number of amides is 1. The quantitative estimate of drug-likeness (QED) is 0.389. The Kier molecular flexibility index (Phi) is 8.83. The summed E-state index contributed by atoms with van der Waals surface area (Å²) in [4.78, 5) is 23.8. The Morgan fingerprint density at radius 1 is 0.935 bits per heavy atom. The minimum atomic E-state index is 0.103. The zero-order chi connectivity index (χ0) is 21.9. The van der Waals surface area contributed by atoms with Crippen molar-refractivity contribution in [3.63, 3.8) is 0 Å². The number of unbranched alkanes of at least 4 members (excludes halogenated alkanes) is 4. The van der Waals surface area contributed by atoms with Crippen LogP contribution in [0.3, 0.4) is 0 Å². The van der Waals surface area contributed by atoms with Gasteiger partial charge in [-0.3, -0.25) is 4.79 Å². The van der Waals surface area contributed by atoms with Crippen molar-refractivity contribution in [3.05, 3.63) is 66.0 Å². The molecule has 0 fully saturated rings. The molecule has 0 aliphatic rings. The molecule has 2 aromatic carbocycles. The molecule has 3 rings (SSSR count). The van der Waals surface area contributed by atoms with Crippen LogP contribution in [-0.2, 0) is 17.8 Å². The van der Waals surface area contributed by atoms with Gasteiger partial charge in [-0.1, -0.05) is 75.1 Å². The SMILES string of the molecule is CCCCCCCNc1nc(CN(C)C(=O)CCc2ccccc2)nc2ccccc12. The summed E-state index contributed by atoms with van der Waals surface area (Å²) < 4.78 is 0. The largest absolute Gasteiger partial charge is 0.369 e. The van der Waals surface area contributed by atoms with Crippen LogP contribution in [0.2, 0.25) is 0 Å². The number of nitrogens with zero attached hydrogens (tertiary/aromatic N) is 3. The summed E-state index contributed by atoms with van der Waals surface area (Å²) in [5, 5.41) is 4.53. The predicted octanol–water partition coefficient (Wildman–Crippen LogP) is 5.60. The lowest BCUT2D eigenvalue weighted by atomic mass is 10.1. The molecule has 1 aromatic heterocycles. The molecule has 5 heteroatoms. The van der Waals surface area contributed by atoms with Gasteiger partial charge in [-0.2, -0.15) is 0 Å². The van der Waals surface area contributed by atoms with E-state index in [1.54, 1.807) is 4.90 Å². The third-order valence-electron chi connectivity index (χ3n) is 5.50. The van der Waals surface area contributed by atoms with Gasteiger partial charge in [-0.05, 0) is 30.5 Å². The summed E-state index contributed by atoms with van der Waals surface area (Å²) in [6.07, 6.45) is 7.42. The highest BCUT2D eigenvalue weighted by Gasteiger charge is 2.13. The highest BCUT2D eigenvalue weighted by Crippen LogP contribution is 2.21. The first kappa shape index (κ1) is 22.7. The number of aromatic nitrogens is 2. The van der Waals surface area contributed by atoms with Gasteiger partial charge < -0.3 is 10.2 Å². The Labute approximate surface area is 185 Å². The Balaban J connectivity index is 1.62. The molecule has 0 radical (unpaired) electrons. The summed E-state index contributed by atoms with van der Waals surface area (Å²) in [7, 11) is 1.83. The van der Waals surface area contributed by atoms with Gasteiger partial charge >= 0.3 is 0 Å². The maximum absolute atomic E-state index is 12.6. The third kappa shape index (κ3) is 7.06. The molecule has 0 aliphatic carbocycles. The van der Waals surface area contributed by atoms with Crippen LogP contribution in [-0.4, -0.2) is 34.4 Å². The van der Waals surface area contributed by atoms with Gasteiger partial charge in [0.05, 0.1) is 12.1 Å². The second-order valence-corrected chi connectivity index (χ2v) is 8.08. The molecule has 1 heterocycles. The van der Waals surface area contributed by atoms with Crippen LogP contribution in [0.5, 0.6) is 0 Å². The molecular formula is C26H34N4O. The zero-order valence-electron chi connectivity index (χ0n) is 18.8. The Morgan fingerprint density at radius 3 is 2.48 bits per heavy atom. The number of anilines is 1. The number of para-hydroxylation sites is 1. The van der Waals surface area contributed by atoms with E-state index in [-0.39, 0.29) is 5.91 Å². The van der Waals surface area contributed by atoms with Crippen molar-refractivity contribution >= 4 is 22.6 Å². The maximum Gasteiger partial charge on any atom is 0.223 e. The highest BCUT2D eigenvalue weighted by molar-refractivity contribution is 5.89. The fourth-order valence-corrected chi connectivity index (χ4v) is 3.65. The van der Waals surface area contributed by atoms with E-state index in [0.29, 0.717) is 18.8 Å². The Bertz CT molecular complexity index is 958. The first-order valence-corrected chi connectivity index (χ1v) is 11.4. The van der Waals surface area contributed by atoms with E-state index in [2.05, 4.69) is 24.4 Å². The van der Waals surface area contributed by atoms with Crippen LogP contribution in [0.1, 0.15) is 56.8 Å². The maximum atomic E-state index is 12.6. The lowest BCUT2D eigenvalue weighted by molar-refractivity contribution is -0.130. The molecule has 0 saturated carbocycles. The summed E-state index contributed by atoms with van der Waals surface area (Å²) in [6, 6.07) is 18.2. The average Bonchev–Trinajstić information content (AvgIpc) is 2.80. The minimum Gasteiger partial charge on any atom is -0.369 e. The average molecular weight is 419 g/mol. The Hall–Kier alpha value is -2.95. The monoisotopic (exact) mass is 418 g/mol. The molecule has 5 nitrogen and oxygen atoms in total. The molecule has 164 valence electrons. The van der Waals surface area contributed by atoms with Crippen molar-refractivity contribution in [1.29, 1.82) is 0 Å². The van der Waals surface area contributed by atoms with E-state index in [1.165, 1.54) is 31.2 Å². The number of nitrogens with one attached hydrogen (secondary N) is 1. The molecule has 0 unspecified atom stereocenters. The van der Waals surface area contributed by atoms with Crippen LogP contribution in [0.4, 0.5) is 5.82 Å². The normalized spacial score (nSPS) is 10.9. The molecule has 0 saturated heterocycles. The molecular weight excluding hydrogens is 384 g/mol. The lowest BCUT2D eigenvalue weighted by Gasteiger charge is -2.18. The smallest absolute Gasteiger partial charge is 0.223 e. The van der Waals surface area contributed by atoms with Crippen LogP contribution >= 0.6 is 0 Å². The lowest BCUT2D eigenvalue weighted by Crippen LogP contribution is -2.27. The second kappa shape index (κ2) is 12.0. The van der Waals surface area contributed by atoms with Crippen molar-refractivity contribution in [2.75, 3.05) is 18.9 Å². The summed E-state index contributed by atoms with van der Waals surface area (Å²) >= 11 is 0. The molecule has 0 aliphatic heterocycles. The van der Waals surface area contributed by atoms with Crippen molar-refractivity contribution in [3.8, 4) is 0 Å². The van der Waals surface area contributed by atoms with E-state index in [9.17, 15) is 4.79 Å². The molecule has 0 spiro atoms. The van der Waals surface area contributed by atoms with Crippen molar-refractivity contribution in [2.24, 2.45) is 0 Å². The summed E-state index contributed by atoms with van der Waals surface area (Å²) in [6.45, 7) is 3.54. The Morgan fingerprint density at radius 2 is 1.68 bits per heavy atom. The number of rotatable bonds is 12. The number of benzene rings is 2. The van der Waals surface area contributed by atoms with E-state index in [1.807, 2.05) is 49.5 Å². The molecule has 1 amide bonds. The number of hydrogen-bond donors (Lipinski definition) is 1. The first-order chi connectivity index (χ1) is 15.2. The predicted molar refractivity (Wildman–Crippen MR) is 128 cm³/mol. The van der Waals surface area contributed by atoms with Gasteiger partial charge in [-0.25, -0.2) is 9.97 Å². The van der Waals surface area contributed by atoms with Crippen molar-refractivity contribution in [2.45, 2.75) is 58.4 Å². The molecule has 1 N–H and O–H groups in total. The summed E-state index contributed by atoms with van der Waals surface area (Å²) in [5.74, 6) is 1.63. The number of fused-ring (bicyclic) bond motifs is 1. The number of aryl methyl sites for hydroxylation is 1. The number of carbonyl (C=O) groups is 1. The second-order valence-electron chi connectivity index (χ2n) is 8.08. The zero-order valence-corrected chi connectivity index (χ0v) is 18.8. The van der Waals surface area contributed by atoms with Crippen LogP contribution < -0.4 is 5.32 Å². The van der Waals surface area contributed by atoms with Gasteiger partial charge in [0.15, 0.2) is 5.82 Å². The molecule has 0 bridgehead atoms. The fourth-order valence-electron chi connectivity index (χ4n) is 3.65. The van der Waals surface area contributed by atoms with Gasteiger partial charge in [0.2, 0.25) is 5.91 Å². The topological polar surface area (TPSA) is 58.1 Å². The van der Waals surface area contributed by atoms with Crippen molar-refractivity contribution < 1.29 is 4.79 Å². The fraction of sp³-hybridized carbons (Fsp3) is 0.423. The third-order valence-corrected chi connectivity index (χ3v) is 5.50. The van der Waals surface area contributed by atoms with Crippen LogP contribution in [0.25, 0.3) is 10.9 Å². The van der Waals surface area contributed by atoms with E-state index < -0.39 is 0 Å². The first-order valence-electron chi connectivity index (χ1n) is 11.4. The van der Waals surface area contributed by atoms with Crippen LogP contribution in [0.15, 0.2) is 54.6 Å². The van der Waals surface area contributed by atoms with Gasteiger partial charge in [0.1, 0.15) is 5.82 Å². The van der Waals surface area contributed by atoms with E-state index >= 15 is 0 Å². The van der Waals surface area contributed by atoms with Gasteiger partial charge in [0.25, 0.3) is 0 Å². The molecule has 0 atom stereocenters. The van der Waals surface area contributed by atoms with Gasteiger partial charge in [0, 0.05) is 25.4 Å². The van der Waals surface area contributed by atoms with Crippen molar-refractivity contribution in [1.82, 2.24) is 14.9 Å². The molecule has 3 aromatic rings. The van der Waals surface area contributed by atoms with E-state index in [4.69, 9.17) is 9.97 Å². The minimum absolute atomic E-state index is 0.103. The molecule has 31 heavy (non-hydrogen) atoms.